The SMILES string of the molecule is O=C(NCC(O)CN1CCOCC1)c1ccc(F)c(Cl)c1. The van der Waals surface area contributed by atoms with Crippen LogP contribution in [0.15, 0.2) is 18.2 Å². The molecule has 1 heterocycles. The molecular weight excluding hydrogens is 299 g/mol. The zero-order chi connectivity index (χ0) is 15.2. The molecule has 0 radical (unpaired) electrons. The van der Waals surface area contributed by atoms with Crippen molar-refractivity contribution in [3.63, 3.8) is 0 Å². The highest BCUT2D eigenvalue weighted by Crippen LogP contribution is 2.15. The molecule has 0 bridgehead atoms. The maximum atomic E-state index is 13.0. The van der Waals surface area contributed by atoms with Crippen LogP contribution in [0.5, 0.6) is 0 Å². The third-order valence-electron chi connectivity index (χ3n) is 3.25. The third-order valence-corrected chi connectivity index (χ3v) is 3.54. The van der Waals surface area contributed by atoms with E-state index in [0.717, 1.165) is 19.2 Å². The summed E-state index contributed by atoms with van der Waals surface area (Å²) < 4.78 is 18.2. The highest BCUT2D eigenvalue weighted by atomic mass is 35.5. The predicted molar refractivity (Wildman–Crippen MR) is 77.0 cm³/mol. The molecule has 2 N–H and O–H groups in total. The van der Waals surface area contributed by atoms with E-state index in [1.807, 2.05) is 0 Å². The number of hydrogen-bond donors (Lipinski definition) is 2. The molecule has 1 amide bonds. The van der Waals surface area contributed by atoms with Gasteiger partial charge in [-0.1, -0.05) is 11.6 Å². The van der Waals surface area contributed by atoms with Crippen molar-refractivity contribution in [2.75, 3.05) is 39.4 Å². The molecule has 1 saturated heterocycles. The van der Waals surface area contributed by atoms with Gasteiger partial charge >= 0.3 is 0 Å². The summed E-state index contributed by atoms with van der Waals surface area (Å²) in [7, 11) is 0. The zero-order valence-corrected chi connectivity index (χ0v) is 12.3. The number of benzene rings is 1. The molecule has 116 valence electrons. The molecule has 1 aliphatic rings. The van der Waals surface area contributed by atoms with Crippen LogP contribution < -0.4 is 5.32 Å². The summed E-state index contributed by atoms with van der Waals surface area (Å²) in [6.07, 6.45) is -0.664. The van der Waals surface area contributed by atoms with Crippen molar-refractivity contribution in [3.05, 3.63) is 34.6 Å². The van der Waals surface area contributed by atoms with E-state index >= 15 is 0 Å². The van der Waals surface area contributed by atoms with Crippen LogP contribution in [-0.2, 0) is 4.74 Å². The van der Waals surface area contributed by atoms with Crippen LogP contribution in [0.3, 0.4) is 0 Å². The number of nitrogens with zero attached hydrogens (tertiary/aromatic N) is 1. The molecule has 1 aliphatic heterocycles. The second-order valence-electron chi connectivity index (χ2n) is 4.91. The fraction of sp³-hybridized carbons (Fsp3) is 0.500. The van der Waals surface area contributed by atoms with Crippen LogP contribution in [-0.4, -0.2) is 61.4 Å². The summed E-state index contributed by atoms with van der Waals surface area (Å²) in [5.41, 5.74) is 0.264. The van der Waals surface area contributed by atoms with Crippen LogP contribution in [0.4, 0.5) is 4.39 Å². The van der Waals surface area contributed by atoms with Crippen LogP contribution in [0.1, 0.15) is 10.4 Å². The maximum absolute atomic E-state index is 13.0. The monoisotopic (exact) mass is 316 g/mol. The fourth-order valence-corrected chi connectivity index (χ4v) is 2.28. The number of ether oxygens (including phenoxy) is 1. The Bertz CT molecular complexity index is 495. The normalized spacial score (nSPS) is 17.5. The highest BCUT2D eigenvalue weighted by molar-refractivity contribution is 6.31. The lowest BCUT2D eigenvalue weighted by molar-refractivity contribution is 0.0149. The van der Waals surface area contributed by atoms with Gasteiger partial charge in [0, 0.05) is 31.7 Å². The largest absolute Gasteiger partial charge is 0.390 e. The molecule has 1 unspecified atom stereocenters. The van der Waals surface area contributed by atoms with Gasteiger partial charge in [0.2, 0.25) is 0 Å². The van der Waals surface area contributed by atoms with Gasteiger partial charge in [0.05, 0.1) is 24.3 Å². The number of hydrogen-bond acceptors (Lipinski definition) is 4. The van der Waals surface area contributed by atoms with E-state index < -0.39 is 17.8 Å². The lowest BCUT2D eigenvalue weighted by Gasteiger charge is -2.28. The molecule has 0 aliphatic carbocycles. The Kier molecular flexibility index (Phi) is 5.93. The standard InChI is InChI=1S/C14H18ClFN2O3/c15-12-7-10(1-2-13(12)16)14(20)17-8-11(19)9-18-3-5-21-6-4-18/h1-2,7,11,19H,3-6,8-9H2,(H,17,20). The number of nitrogens with one attached hydrogen (secondary N) is 1. The number of aliphatic hydroxyl groups is 1. The summed E-state index contributed by atoms with van der Waals surface area (Å²) in [5.74, 6) is -0.960. The van der Waals surface area contributed by atoms with Crippen molar-refractivity contribution < 1.29 is 19.0 Å². The van der Waals surface area contributed by atoms with Gasteiger partial charge in [-0.25, -0.2) is 4.39 Å². The van der Waals surface area contributed by atoms with E-state index in [9.17, 15) is 14.3 Å². The van der Waals surface area contributed by atoms with Crippen molar-refractivity contribution in [2.45, 2.75) is 6.10 Å². The smallest absolute Gasteiger partial charge is 0.251 e. The lowest BCUT2D eigenvalue weighted by Crippen LogP contribution is -2.44. The van der Waals surface area contributed by atoms with Gasteiger partial charge in [-0.2, -0.15) is 0 Å². The molecule has 0 saturated carbocycles. The van der Waals surface area contributed by atoms with E-state index in [2.05, 4.69) is 10.2 Å². The Morgan fingerprint density at radius 3 is 2.86 bits per heavy atom. The molecule has 7 heteroatoms. The van der Waals surface area contributed by atoms with Gasteiger partial charge in [-0.05, 0) is 18.2 Å². The number of β-amino-alcohol motifs (C(OH)–C–C–N with tert-alkyl or cyclic N) is 1. The summed E-state index contributed by atoms with van der Waals surface area (Å²) in [6, 6.07) is 3.76. The van der Waals surface area contributed by atoms with Gasteiger partial charge < -0.3 is 15.2 Å². The van der Waals surface area contributed by atoms with Gasteiger partial charge in [-0.15, -0.1) is 0 Å². The van der Waals surface area contributed by atoms with E-state index in [0.29, 0.717) is 19.8 Å². The molecule has 1 aromatic rings. The average molecular weight is 317 g/mol. The number of carbonyl (C=O) groups is 1. The molecule has 21 heavy (non-hydrogen) atoms. The van der Waals surface area contributed by atoms with Crippen molar-refractivity contribution in [1.29, 1.82) is 0 Å². The number of aliphatic hydroxyl groups excluding tert-OH is 1. The molecule has 0 spiro atoms. The van der Waals surface area contributed by atoms with Crippen LogP contribution in [0.2, 0.25) is 5.02 Å². The van der Waals surface area contributed by atoms with Crippen molar-refractivity contribution in [2.24, 2.45) is 0 Å². The second-order valence-corrected chi connectivity index (χ2v) is 5.31. The van der Waals surface area contributed by atoms with Gasteiger partial charge in [0.15, 0.2) is 0 Å². The van der Waals surface area contributed by atoms with Gasteiger partial charge in [0.1, 0.15) is 5.82 Å². The first kappa shape index (κ1) is 16.2. The zero-order valence-electron chi connectivity index (χ0n) is 11.5. The van der Waals surface area contributed by atoms with Gasteiger partial charge in [-0.3, -0.25) is 9.69 Å². The summed E-state index contributed by atoms with van der Waals surface area (Å²) >= 11 is 5.63. The number of carbonyl (C=O) groups excluding carboxylic acids is 1. The quantitative estimate of drug-likeness (QED) is 0.847. The summed E-state index contributed by atoms with van der Waals surface area (Å²) in [6.45, 7) is 3.48. The minimum absolute atomic E-state index is 0.100. The van der Waals surface area contributed by atoms with Crippen LogP contribution >= 0.6 is 11.6 Å². The predicted octanol–water partition coefficient (Wildman–Crippen LogP) is 0.902. The molecular formula is C14H18ClFN2O3. The average Bonchev–Trinajstić information content (AvgIpc) is 2.48. The molecule has 1 fully saturated rings. The minimum Gasteiger partial charge on any atom is -0.390 e. The Morgan fingerprint density at radius 2 is 2.19 bits per heavy atom. The fourth-order valence-electron chi connectivity index (χ4n) is 2.10. The first-order valence-corrected chi connectivity index (χ1v) is 7.15. The molecule has 0 aromatic heterocycles. The molecule has 1 aromatic carbocycles. The topological polar surface area (TPSA) is 61.8 Å². The Hall–Kier alpha value is -1.21. The Labute approximate surface area is 127 Å². The maximum Gasteiger partial charge on any atom is 0.251 e. The second kappa shape index (κ2) is 7.70. The molecule has 1 atom stereocenters. The van der Waals surface area contributed by atoms with Crippen molar-refractivity contribution in [3.8, 4) is 0 Å². The minimum atomic E-state index is -0.664. The number of rotatable bonds is 5. The first-order chi connectivity index (χ1) is 10.1. The lowest BCUT2D eigenvalue weighted by atomic mass is 10.2. The van der Waals surface area contributed by atoms with E-state index in [1.54, 1.807) is 0 Å². The van der Waals surface area contributed by atoms with Crippen molar-refractivity contribution in [1.82, 2.24) is 10.2 Å². The number of halogens is 2. The van der Waals surface area contributed by atoms with Crippen LogP contribution in [0.25, 0.3) is 0 Å². The summed E-state index contributed by atoms with van der Waals surface area (Å²) in [4.78, 5) is 13.9. The number of morpholine rings is 1. The number of amides is 1. The molecule has 5 nitrogen and oxygen atoms in total. The molecule has 2 rings (SSSR count). The summed E-state index contributed by atoms with van der Waals surface area (Å²) in [5, 5.41) is 12.4. The third kappa shape index (κ3) is 4.93. The Balaban J connectivity index is 1.78. The van der Waals surface area contributed by atoms with E-state index in [4.69, 9.17) is 16.3 Å². The van der Waals surface area contributed by atoms with Crippen LogP contribution in [0, 0.1) is 5.82 Å². The Morgan fingerprint density at radius 1 is 1.48 bits per heavy atom. The first-order valence-electron chi connectivity index (χ1n) is 6.77. The van der Waals surface area contributed by atoms with E-state index in [-0.39, 0.29) is 17.1 Å². The van der Waals surface area contributed by atoms with E-state index in [1.165, 1.54) is 12.1 Å². The highest BCUT2D eigenvalue weighted by Gasteiger charge is 2.16. The van der Waals surface area contributed by atoms with Crippen molar-refractivity contribution >= 4 is 17.5 Å². The van der Waals surface area contributed by atoms with Gasteiger partial charge in [0.25, 0.3) is 5.91 Å².